The first-order valence-electron chi connectivity index (χ1n) is 8.03. The van der Waals surface area contributed by atoms with Crippen LogP contribution in [0.25, 0.3) is 0 Å². The Morgan fingerprint density at radius 2 is 1.96 bits per heavy atom. The fourth-order valence-corrected chi connectivity index (χ4v) is 3.11. The molecule has 3 N–H and O–H groups in total. The van der Waals surface area contributed by atoms with Crippen molar-refractivity contribution < 1.29 is 13.6 Å². The molecule has 2 atom stereocenters. The standard InChI is InChI=1S/C17H24F2N2O.ClH/c18-14-9-8-12(10-15(14)19)4-3-7-17(22)21-16-6-2-1-5-13(16)11-20;/h8-10,13,16H,1-7,11,20H2,(H,21,22);1H. The summed E-state index contributed by atoms with van der Waals surface area (Å²) < 4.78 is 25.9. The van der Waals surface area contributed by atoms with Gasteiger partial charge in [-0.25, -0.2) is 8.78 Å². The predicted octanol–water partition coefficient (Wildman–Crippen LogP) is 3.34. The first kappa shape index (κ1) is 19.8. The van der Waals surface area contributed by atoms with Crippen LogP contribution in [0.3, 0.4) is 0 Å². The summed E-state index contributed by atoms with van der Waals surface area (Å²) in [5.41, 5.74) is 6.47. The largest absolute Gasteiger partial charge is 0.353 e. The molecule has 0 aromatic heterocycles. The van der Waals surface area contributed by atoms with E-state index >= 15 is 0 Å². The molecule has 1 aliphatic rings. The van der Waals surface area contributed by atoms with Crippen LogP contribution < -0.4 is 11.1 Å². The lowest BCUT2D eigenvalue weighted by atomic mass is 9.84. The van der Waals surface area contributed by atoms with Gasteiger partial charge < -0.3 is 11.1 Å². The fraction of sp³-hybridized carbons (Fsp3) is 0.588. The van der Waals surface area contributed by atoms with Crippen LogP contribution in [0.2, 0.25) is 0 Å². The van der Waals surface area contributed by atoms with Gasteiger partial charge >= 0.3 is 0 Å². The van der Waals surface area contributed by atoms with Crippen molar-refractivity contribution in [3.05, 3.63) is 35.4 Å². The van der Waals surface area contributed by atoms with E-state index in [9.17, 15) is 13.6 Å². The van der Waals surface area contributed by atoms with Crippen molar-refractivity contribution in [3.63, 3.8) is 0 Å². The minimum Gasteiger partial charge on any atom is -0.353 e. The molecule has 2 unspecified atom stereocenters. The maximum absolute atomic E-state index is 13.1. The van der Waals surface area contributed by atoms with Crippen LogP contribution in [0.15, 0.2) is 18.2 Å². The van der Waals surface area contributed by atoms with Gasteiger partial charge in [-0.3, -0.25) is 4.79 Å². The summed E-state index contributed by atoms with van der Waals surface area (Å²) in [7, 11) is 0. The van der Waals surface area contributed by atoms with E-state index in [-0.39, 0.29) is 24.4 Å². The number of benzene rings is 1. The summed E-state index contributed by atoms with van der Waals surface area (Å²) in [5.74, 6) is -1.28. The molecule has 1 aliphatic carbocycles. The van der Waals surface area contributed by atoms with Crippen molar-refractivity contribution in [2.45, 2.75) is 51.0 Å². The van der Waals surface area contributed by atoms with Crippen molar-refractivity contribution in [1.82, 2.24) is 5.32 Å². The van der Waals surface area contributed by atoms with Gasteiger partial charge in [0.15, 0.2) is 11.6 Å². The van der Waals surface area contributed by atoms with Gasteiger partial charge in [-0.15, -0.1) is 12.4 Å². The molecular weight excluding hydrogens is 322 g/mol. The molecule has 0 bridgehead atoms. The molecule has 2 rings (SSSR count). The summed E-state index contributed by atoms with van der Waals surface area (Å²) in [6.45, 7) is 0.611. The Morgan fingerprint density at radius 3 is 2.65 bits per heavy atom. The lowest BCUT2D eigenvalue weighted by Gasteiger charge is -2.31. The predicted molar refractivity (Wildman–Crippen MR) is 89.5 cm³/mol. The molecule has 23 heavy (non-hydrogen) atoms. The smallest absolute Gasteiger partial charge is 0.220 e. The number of nitrogens with two attached hydrogens (primary N) is 1. The minimum absolute atomic E-state index is 0. The molecule has 0 saturated heterocycles. The Morgan fingerprint density at radius 1 is 1.22 bits per heavy atom. The van der Waals surface area contributed by atoms with E-state index in [1.807, 2.05) is 0 Å². The molecule has 1 amide bonds. The highest BCUT2D eigenvalue weighted by atomic mass is 35.5. The van der Waals surface area contributed by atoms with Crippen LogP contribution in [0.5, 0.6) is 0 Å². The Bertz CT molecular complexity index is 513. The molecule has 1 aromatic carbocycles. The number of aryl methyl sites for hydroxylation is 1. The normalized spacial score (nSPS) is 20.7. The van der Waals surface area contributed by atoms with Gasteiger partial charge in [0, 0.05) is 12.5 Å². The number of nitrogens with one attached hydrogen (secondary N) is 1. The monoisotopic (exact) mass is 346 g/mol. The molecule has 1 saturated carbocycles. The molecule has 1 fully saturated rings. The molecule has 0 spiro atoms. The zero-order valence-electron chi connectivity index (χ0n) is 13.2. The quantitative estimate of drug-likeness (QED) is 0.830. The summed E-state index contributed by atoms with van der Waals surface area (Å²) in [5, 5.41) is 3.07. The fourth-order valence-electron chi connectivity index (χ4n) is 3.11. The lowest BCUT2D eigenvalue weighted by molar-refractivity contribution is -0.122. The summed E-state index contributed by atoms with van der Waals surface area (Å²) in [6, 6.07) is 4.06. The van der Waals surface area contributed by atoms with Crippen molar-refractivity contribution in [2.24, 2.45) is 11.7 Å². The van der Waals surface area contributed by atoms with E-state index in [4.69, 9.17) is 5.73 Å². The third-order valence-electron chi connectivity index (χ3n) is 4.41. The van der Waals surface area contributed by atoms with E-state index in [2.05, 4.69) is 5.32 Å². The maximum Gasteiger partial charge on any atom is 0.220 e. The molecule has 3 nitrogen and oxygen atoms in total. The Labute approximate surface area is 142 Å². The zero-order valence-corrected chi connectivity index (χ0v) is 14.0. The average Bonchev–Trinajstić information content (AvgIpc) is 2.51. The number of carbonyl (C=O) groups excluding carboxylic acids is 1. The number of hydrogen-bond donors (Lipinski definition) is 2. The van der Waals surface area contributed by atoms with Crippen molar-refractivity contribution in [2.75, 3.05) is 6.54 Å². The molecule has 0 heterocycles. The average molecular weight is 347 g/mol. The SMILES string of the molecule is Cl.NCC1CCCCC1NC(=O)CCCc1ccc(F)c(F)c1. The third-order valence-corrected chi connectivity index (χ3v) is 4.41. The van der Waals surface area contributed by atoms with Gasteiger partial charge in [-0.1, -0.05) is 18.9 Å². The first-order chi connectivity index (χ1) is 10.6. The number of amides is 1. The van der Waals surface area contributed by atoms with Crippen LogP contribution in [0, 0.1) is 17.6 Å². The van der Waals surface area contributed by atoms with Gasteiger partial charge in [-0.2, -0.15) is 0 Å². The number of rotatable bonds is 6. The second-order valence-electron chi connectivity index (χ2n) is 6.06. The number of halogens is 3. The van der Waals surface area contributed by atoms with Crippen LogP contribution in [0.1, 0.15) is 44.1 Å². The van der Waals surface area contributed by atoms with Gasteiger partial charge in [0.25, 0.3) is 0 Å². The van der Waals surface area contributed by atoms with E-state index in [1.54, 1.807) is 6.07 Å². The van der Waals surface area contributed by atoms with Crippen molar-refractivity contribution in [1.29, 1.82) is 0 Å². The van der Waals surface area contributed by atoms with Gasteiger partial charge in [0.2, 0.25) is 5.91 Å². The number of carbonyl (C=O) groups is 1. The van der Waals surface area contributed by atoms with E-state index in [1.165, 1.54) is 12.5 Å². The van der Waals surface area contributed by atoms with Crippen molar-refractivity contribution >= 4 is 18.3 Å². The highest BCUT2D eigenvalue weighted by molar-refractivity contribution is 5.85. The first-order valence-corrected chi connectivity index (χ1v) is 8.03. The van der Waals surface area contributed by atoms with Gasteiger partial charge in [0.05, 0.1) is 0 Å². The zero-order chi connectivity index (χ0) is 15.9. The summed E-state index contributed by atoms with van der Waals surface area (Å²) >= 11 is 0. The maximum atomic E-state index is 13.1. The van der Waals surface area contributed by atoms with Crippen LogP contribution in [-0.4, -0.2) is 18.5 Å². The molecule has 0 aliphatic heterocycles. The van der Waals surface area contributed by atoms with Crippen molar-refractivity contribution in [3.8, 4) is 0 Å². The Balaban J connectivity index is 0.00000264. The van der Waals surface area contributed by atoms with Gasteiger partial charge in [0.1, 0.15) is 0 Å². The highest BCUT2D eigenvalue weighted by Crippen LogP contribution is 2.23. The Kier molecular flexibility index (Phi) is 8.48. The second kappa shape index (κ2) is 9.83. The van der Waals surface area contributed by atoms with Crippen LogP contribution in [-0.2, 0) is 11.2 Å². The molecule has 0 radical (unpaired) electrons. The van der Waals surface area contributed by atoms with E-state index in [0.29, 0.717) is 37.3 Å². The molecule has 6 heteroatoms. The number of hydrogen-bond acceptors (Lipinski definition) is 2. The molecular formula is C17H25ClF2N2O. The Hall–Kier alpha value is -1.20. The van der Waals surface area contributed by atoms with Crippen LogP contribution in [0.4, 0.5) is 8.78 Å². The third kappa shape index (κ3) is 6.07. The van der Waals surface area contributed by atoms with Gasteiger partial charge in [-0.05, 0) is 55.8 Å². The minimum atomic E-state index is -0.841. The second-order valence-corrected chi connectivity index (χ2v) is 6.06. The van der Waals surface area contributed by atoms with E-state index in [0.717, 1.165) is 25.3 Å². The van der Waals surface area contributed by atoms with E-state index < -0.39 is 11.6 Å². The summed E-state index contributed by atoms with van der Waals surface area (Å²) in [6.07, 6.45) is 5.98. The highest BCUT2D eigenvalue weighted by Gasteiger charge is 2.24. The molecule has 1 aromatic rings. The summed E-state index contributed by atoms with van der Waals surface area (Å²) in [4.78, 5) is 12.0. The lowest BCUT2D eigenvalue weighted by Crippen LogP contribution is -2.44. The van der Waals surface area contributed by atoms with Crippen LogP contribution >= 0.6 is 12.4 Å². The topological polar surface area (TPSA) is 55.1 Å². The molecule has 130 valence electrons.